The second-order valence-corrected chi connectivity index (χ2v) is 6.31. The van der Waals surface area contributed by atoms with Crippen LogP contribution in [0, 0.1) is 13.8 Å². The van der Waals surface area contributed by atoms with Crippen LogP contribution >= 0.6 is 0 Å². The van der Waals surface area contributed by atoms with Crippen molar-refractivity contribution >= 4 is 5.78 Å². The van der Waals surface area contributed by atoms with E-state index in [1.165, 1.54) is 5.56 Å². The molecule has 0 spiro atoms. The van der Waals surface area contributed by atoms with Gasteiger partial charge in [-0.25, -0.2) is 0 Å². The molecular weight excluding hydrogens is 262 g/mol. The summed E-state index contributed by atoms with van der Waals surface area (Å²) < 4.78 is 0. The number of hydrogen-bond acceptors (Lipinski definition) is 4. The zero-order valence-electron chi connectivity index (χ0n) is 13.7. The number of benzene rings is 1. The SMILES string of the molecule is Cc1ccc(C(=O)/C=C(\NCCN)NC(C)(C)C)cc1C. The molecule has 0 heterocycles. The van der Waals surface area contributed by atoms with Crippen LogP contribution in [0.25, 0.3) is 0 Å². The van der Waals surface area contributed by atoms with Gasteiger partial charge in [0.1, 0.15) is 5.82 Å². The summed E-state index contributed by atoms with van der Waals surface area (Å²) in [5, 5.41) is 6.45. The van der Waals surface area contributed by atoms with E-state index in [0.717, 1.165) is 5.56 Å². The molecule has 0 amide bonds. The number of carbonyl (C=O) groups is 1. The van der Waals surface area contributed by atoms with E-state index in [0.29, 0.717) is 24.5 Å². The molecule has 0 aromatic heterocycles. The van der Waals surface area contributed by atoms with Crippen LogP contribution in [0.4, 0.5) is 0 Å². The Bertz CT molecular complexity index is 527. The first-order valence-electron chi connectivity index (χ1n) is 7.28. The highest BCUT2D eigenvalue weighted by atomic mass is 16.1. The predicted molar refractivity (Wildman–Crippen MR) is 88.3 cm³/mol. The van der Waals surface area contributed by atoms with Crippen LogP contribution in [-0.4, -0.2) is 24.4 Å². The van der Waals surface area contributed by atoms with Crippen LogP contribution in [-0.2, 0) is 0 Å². The molecule has 4 N–H and O–H groups in total. The second kappa shape index (κ2) is 7.27. The maximum Gasteiger partial charge on any atom is 0.189 e. The average Bonchev–Trinajstić information content (AvgIpc) is 2.37. The first kappa shape index (κ1) is 17.2. The lowest BCUT2D eigenvalue weighted by molar-refractivity contribution is 0.104. The molecule has 116 valence electrons. The van der Waals surface area contributed by atoms with Crippen LogP contribution < -0.4 is 16.4 Å². The lowest BCUT2D eigenvalue weighted by atomic mass is 10.0. The van der Waals surface area contributed by atoms with Crippen LogP contribution in [0.2, 0.25) is 0 Å². The van der Waals surface area contributed by atoms with Gasteiger partial charge in [-0.05, 0) is 51.8 Å². The Hall–Kier alpha value is -1.81. The van der Waals surface area contributed by atoms with E-state index in [9.17, 15) is 4.79 Å². The molecule has 4 heteroatoms. The van der Waals surface area contributed by atoms with Gasteiger partial charge < -0.3 is 16.4 Å². The van der Waals surface area contributed by atoms with Crippen molar-refractivity contribution in [2.75, 3.05) is 13.1 Å². The third-order valence-corrected chi connectivity index (χ3v) is 3.04. The number of hydrogen-bond donors (Lipinski definition) is 3. The fraction of sp³-hybridized carbons (Fsp3) is 0.471. The van der Waals surface area contributed by atoms with Gasteiger partial charge in [0, 0.05) is 30.3 Å². The zero-order chi connectivity index (χ0) is 16.0. The Kier molecular flexibility index (Phi) is 5.97. The van der Waals surface area contributed by atoms with Crippen LogP contribution in [0.3, 0.4) is 0 Å². The standard InChI is InChI=1S/C17H27N3O/c1-12-6-7-14(10-13(12)2)15(21)11-16(19-9-8-18)20-17(3,4)5/h6-7,10-11,19-20H,8-9,18H2,1-5H3/b16-11+. The maximum atomic E-state index is 12.4. The Morgan fingerprint density at radius 1 is 1.24 bits per heavy atom. The quantitative estimate of drug-likeness (QED) is 0.555. The van der Waals surface area contributed by atoms with Crippen LogP contribution in [0.5, 0.6) is 0 Å². The largest absolute Gasteiger partial charge is 0.371 e. The van der Waals surface area contributed by atoms with Gasteiger partial charge in [-0.3, -0.25) is 4.79 Å². The highest BCUT2D eigenvalue weighted by Crippen LogP contribution is 2.11. The lowest BCUT2D eigenvalue weighted by Gasteiger charge is -2.25. The zero-order valence-corrected chi connectivity index (χ0v) is 13.7. The number of carbonyl (C=O) groups excluding carboxylic acids is 1. The average molecular weight is 289 g/mol. The van der Waals surface area contributed by atoms with Gasteiger partial charge in [0.25, 0.3) is 0 Å². The van der Waals surface area contributed by atoms with E-state index in [1.807, 2.05) is 52.8 Å². The molecule has 1 aromatic rings. The molecule has 0 aliphatic carbocycles. The van der Waals surface area contributed by atoms with Gasteiger partial charge in [-0.15, -0.1) is 0 Å². The van der Waals surface area contributed by atoms with Gasteiger partial charge in [0.05, 0.1) is 0 Å². The number of ketones is 1. The van der Waals surface area contributed by atoms with E-state index >= 15 is 0 Å². The fourth-order valence-electron chi connectivity index (χ4n) is 1.85. The Morgan fingerprint density at radius 2 is 1.90 bits per heavy atom. The molecule has 0 atom stereocenters. The van der Waals surface area contributed by atoms with Crippen molar-refractivity contribution < 1.29 is 4.79 Å². The molecule has 0 bridgehead atoms. The molecular formula is C17H27N3O. The Labute approximate surface area is 127 Å². The van der Waals surface area contributed by atoms with Crippen molar-refractivity contribution in [2.45, 2.75) is 40.2 Å². The minimum atomic E-state index is -0.128. The van der Waals surface area contributed by atoms with Crippen molar-refractivity contribution in [3.05, 3.63) is 46.8 Å². The summed E-state index contributed by atoms with van der Waals surface area (Å²) in [6, 6.07) is 5.76. The molecule has 0 saturated heterocycles. The summed E-state index contributed by atoms with van der Waals surface area (Å²) in [6.07, 6.45) is 1.60. The van der Waals surface area contributed by atoms with E-state index in [2.05, 4.69) is 10.6 Å². The number of allylic oxidation sites excluding steroid dienone is 1. The molecule has 0 aliphatic heterocycles. The molecule has 0 fully saturated rings. The maximum absolute atomic E-state index is 12.4. The summed E-state index contributed by atoms with van der Waals surface area (Å²) in [5.74, 6) is 0.686. The van der Waals surface area contributed by atoms with Gasteiger partial charge in [0.2, 0.25) is 0 Å². The summed E-state index contributed by atoms with van der Waals surface area (Å²) in [7, 11) is 0. The number of aryl methyl sites for hydroxylation is 2. The smallest absolute Gasteiger partial charge is 0.189 e. The molecule has 21 heavy (non-hydrogen) atoms. The fourth-order valence-corrected chi connectivity index (χ4v) is 1.85. The molecule has 0 unspecified atom stereocenters. The molecule has 4 nitrogen and oxygen atoms in total. The first-order chi connectivity index (χ1) is 9.73. The third-order valence-electron chi connectivity index (χ3n) is 3.04. The molecule has 0 radical (unpaired) electrons. The van der Waals surface area contributed by atoms with Crippen LogP contribution in [0.1, 0.15) is 42.3 Å². The van der Waals surface area contributed by atoms with Gasteiger partial charge >= 0.3 is 0 Å². The van der Waals surface area contributed by atoms with Crippen molar-refractivity contribution in [1.82, 2.24) is 10.6 Å². The van der Waals surface area contributed by atoms with Gasteiger partial charge in [0.15, 0.2) is 5.78 Å². The lowest BCUT2D eigenvalue weighted by Crippen LogP contribution is -2.41. The second-order valence-electron chi connectivity index (χ2n) is 6.31. The molecule has 0 saturated carbocycles. The summed E-state index contributed by atoms with van der Waals surface area (Å²) >= 11 is 0. The van der Waals surface area contributed by atoms with Crippen molar-refractivity contribution in [3.8, 4) is 0 Å². The highest BCUT2D eigenvalue weighted by molar-refractivity contribution is 6.05. The molecule has 1 aromatic carbocycles. The normalized spacial score (nSPS) is 12.2. The Balaban J connectivity index is 2.96. The summed E-state index contributed by atoms with van der Waals surface area (Å²) in [6.45, 7) is 11.3. The summed E-state index contributed by atoms with van der Waals surface area (Å²) in [4.78, 5) is 12.4. The third kappa shape index (κ3) is 6.00. The summed E-state index contributed by atoms with van der Waals surface area (Å²) in [5.41, 5.74) is 8.39. The number of nitrogens with two attached hydrogens (primary N) is 1. The van der Waals surface area contributed by atoms with Crippen molar-refractivity contribution in [3.63, 3.8) is 0 Å². The van der Waals surface area contributed by atoms with E-state index < -0.39 is 0 Å². The van der Waals surface area contributed by atoms with E-state index in [4.69, 9.17) is 5.73 Å². The van der Waals surface area contributed by atoms with Crippen molar-refractivity contribution in [1.29, 1.82) is 0 Å². The van der Waals surface area contributed by atoms with E-state index in [1.54, 1.807) is 6.08 Å². The van der Waals surface area contributed by atoms with Crippen LogP contribution in [0.15, 0.2) is 30.1 Å². The van der Waals surface area contributed by atoms with Crippen molar-refractivity contribution in [2.24, 2.45) is 5.73 Å². The number of nitrogens with one attached hydrogen (secondary N) is 2. The van der Waals surface area contributed by atoms with E-state index in [-0.39, 0.29) is 11.3 Å². The number of rotatable bonds is 6. The monoisotopic (exact) mass is 289 g/mol. The molecule has 1 rings (SSSR count). The topological polar surface area (TPSA) is 67.2 Å². The van der Waals surface area contributed by atoms with Gasteiger partial charge in [-0.1, -0.05) is 12.1 Å². The minimum Gasteiger partial charge on any atom is -0.371 e. The Morgan fingerprint density at radius 3 is 2.43 bits per heavy atom. The van der Waals surface area contributed by atoms with Gasteiger partial charge in [-0.2, -0.15) is 0 Å². The first-order valence-corrected chi connectivity index (χ1v) is 7.28. The molecule has 0 aliphatic rings. The highest BCUT2D eigenvalue weighted by Gasteiger charge is 2.13. The minimum absolute atomic E-state index is 0.0191. The predicted octanol–water partition coefficient (Wildman–Crippen LogP) is 2.26.